The minimum absolute atomic E-state index is 0.467. The first-order valence-electron chi connectivity index (χ1n) is 9.46. The maximum Gasteiger partial charge on any atom is 0.216 e. The van der Waals surface area contributed by atoms with Crippen LogP contribution >= 0.6 is 12.2 Å². The molecule has 2 atom stereocenters. The number of rotatable bonds is 5. The molecule has 5 nitrogen and oxygen atoms in total. The molecule has 1 N–H and O–H groups in total. The maximum absolute atomic E-state index is 5.90. The Kier molecular flexibility index (Phi) is 4.20. The summed E-state index contributed by atoms with van der Waals surface area (Å²) in [6, 6.07) is 18.6. The summed E-state index contributed by atoms with van der Waals surface area (Å²) in [7, 11) is 0. The summed E-state index contributed by atoms with van der Waals surface area (Å²) < 4.78 is 8.04. The van der Waals surface area contributed by atoms with E-state index in [1.807, 2.05) is 18.2 Å². The Hall–Kier alpha value is -2.99. The Morgan fingerprint density at radius 1 is 1.21 bits per heavy atom. The average molecular weight is 388 g/mol. The van der Waals surface area contributed by atoms with Crippen molar-refractivity contribution in [2.45, 2.75) is 25.7 Å². The number of hydrogen-bond acceptors (Lipinski definition) is 4. The van der Waals surface area contributed by atoms with Crippen molar-refractivity contribution in [3.8, 4) is 0 Å². The Labute approximate surface area is 167 Å². The van der Waals surface area contributed by atoms with Crippen molar-refractivity contribution in [2.24, 2.45) is 11.0 Å². The summed E-state index contributed by atoms with van der Waals surface area (Å²) in [6.07, 6.45) is 3.54. The van der Waals surface area contributed by atoms with E-state index in [0.717, 1.165) is 17.3 Å². The van der Waals surface area contributed by atoms with Crippen LogP contribution in [-0.4, -0.2) is 21.1 Å². The van der Waals surface area contributed by atoms with Crippen molar-refractivity contribution in [1.82, 2.24) is 14.9 Å². The van der Waals surface area contributed by atoms with Crippen molar-refractivity contribution in [3.63, 3.8) is 0 Å². The maximum atomic E-state index is 5.90. The fourth-order valence-electron chi connectivity index (χ4n) is 3.65. The van der Waals surface area contributed by atoms with Gasteiger partial charge in [-0.2, -0.15) is 14.9 Å². The van der Waals surface area contributed by atoms with Gasteiger partial charge in [-0.3, -0.25) is 5.10 Å². The Morgan fingerprint density at radius 2 is 2.04 bits per heavy atom. The number of fused-ring (bicyclic) bond motifs is 1. The van der Waals surface area contributed by atoms with E-state index in [0.29, 0.717) is 23.0 Å². The lowest BCUT2D eigenvalue weighted by molar-refractivity contribution is 0.500. The molecule has 0 radical (unpaired) electrons. The molecule has 1 fully saturated rings. The van der Waals surface area contributed by atoms with E-state index in [2.05, 4.69) is 58.6 Å². The highest BCUT2D eigenvalue weighted by Crippen LogP contribution is 2.47. The Bertz CT molecular complexity index is 1230. The molecule has 0 amide bonds. The van der Waals surface area contributed by atoms with Crippen molar-refractivity contribution >= 4 is 29.2 Å². The number of benzene rings is 2. The number of hydrogen-bond donors (Lipinski definition) is 1. The van der Waals surface area contributed by atoms with Gasteiger partial charge in [0.2, 0.25) is 4.77 Å². The van der Waals surface area contributed by atoms with E-state index in [-0.39, 0.29) is 0 Å². The molecule has 28 heavy (non-hydrogen) atoms. The van der Waals surface area contributed by atoms with Crippen molar-refractivity contribution < 1.29 is 4.42 Å². The van der Waals surface area contributed by atoms with Crippen LogP contribution < -0.4 is 0 Å². The number of aromatic amines is 1. The molecule has 0 aliphatic heterocycles. The van der Waals surface area contributed by atoms with Gasteiger partial charge >= 0.3 is 0 Å². The quantitative estimate of drug-likeness (QED) is 0.374. The lowest BCUT2D eigenvalue weighted by Crippen LogP contribution is -2.01. The summed E-state index contributed by atoms with van der Waals surface area (Å²) in [5.41, 5.74) is 1.19. The van der Waals surface area contributed by atoms with Gasteiger partial charge in [0.1, 0.15) is 11.5 Å². The topological polar surface area (TPSA) is 59.1 Å². The molecule has 1 aliphatic rings. The summed E-state index contributed by atoms with van der Waals surface area (Å²) >= 11 is 5.37. The largest absolute Gasteiger partial charge is 0.460 e. The van der Waals surface area contributed by atoms with Crippen molar-refractivity contribution in [2.75, 3.05) is 0 Å². The van der Waals surface area contributed by atoms with Gasteiger partial charge in [-0.15, -0.1) is 0 Å². The molecular formula is C22H20N4OS. The van der Waals surface area contributed by atoms with Crippen LogP contribution in [0, 0.1) is 10.7 Å². The third-order valence-electron chi connectivity index (χ3n) is 5.37. The highest BCUT2D eigenvalue weighted by molar-refractivity contribution is 7.71. The van der Waals surface area contributed by atoms with E-state index in [4.69, 9.17) is 16.6 Å². The molecule has 6 heteroatoms. The second kappa shape index (κ2) is 6.87. The first-order chi connectivity index (χ1) is 13.7. The van der Waals surface area contributed by atoms with E-state index >= 15 is 0 Å². The second-order valence-electron chi connectivity index (χ2n) is 7.38. The van der Waals surface area contributed by atoms with Crippen LogP contribution in [0.25, 0.3) is 10.8 Å². The van der Waals surface area contributed by atoms with E-state index in [1.165, 1.54) is 22.8 Å². The Balaban J connectivity index is 1.43. The van der Waals surface area contributed by atoms with Crippen LogP contribution in [0.15, 0.2) is 64.1 Å². The lowest BCUT2D eigenvalue weighted by atomic mass is 10.0. The zero-order valence-corrected chi connectivity index (χ0v) is 16.3. The van der Waals surface area contributed by atoms with Crippen LogP contribution in [0.5, 0.6) is 0 Å². The molecule has 5 rings (SSSR count). The first-order valence-corrected chi connectivity index (χ1v) is 9.87. The van der Waals surface area contributed by atoms with Crippen molar-refractivity contribution in [3.05, 3.63) is 82.3 Å². The number of furan rings is 1. The van der Waals surface area contributed by atoms with Gasteiger partial charge in [-0.05, 0) is 53.0 Å². The third-order valence-corrected chi connectivity index (χ3v) is 5.63. The molecule has 140 valence electrons. The van der Waals surface area contributed by atoms with Gasteiger partial charge in [0.25, 0.3) is 0 Å². The fourth-order valence-corrected chi connectivity index (χ4v) is 3.84. The molecule has 0 unspecified atom stereocenters. The predicted molar refractivity (Wildman–Crippen MR) is 112 cm³/mol. The zero-order chi connectivity index (χ0) is 19.1. The molecule has 2 aromatic carbocycles. The molecule has 0 bridgehead atoms. The number of nitrogens with one attached hydrogen (secondary N) is 1. The molecule has 4 aromatic rings. The van der Waals surface area contributed by atoms with Gasteiger partial charge in [-0.25, -0.2) is 0 Å². The molecule has 0 saturated heterocycles. The van der Waals surface area contributed by atoms with E-state index < -0.39 is 0 Å². The standard InChI is InChI=1S/C22H20N4OS/c1-14-11-19(14)20-10-9-17(27-20)13-23-26-21(24-25-22(26)28)12-16-7-4-6-15-5-2-3-8-18(15)16/h2-10,13-14,19H,11-12H2,1H3,(H,25,28)/b23-13-/t14-,19-/m0/s1. The highest BCUT2D eigenvalue weighted by atomic mass is 32.1. The summed E-state index contributed by atoms with van der Waals surface area (Å²) in [5, 5.41) is 14.2. The number of nitrogens with zero attached hydrogens (tertiary/aromatic N) is 3. The molecule has 2 aromatic heterocycles. The number of aromatic nitrogens is 3. The smallest absolute Gasteiger partial charge is 0.216 e. The summed E-state index contributed by atoms with van der Waals surface area (Å²) in [4.78, 5) is 0. The van der Waals surface area contributed by atoms with Crippen LogP contribution in [0.1, 0.15) is 42.2 Å². The first kappa shape index (κ1) is 17.1. The molecule has 1 saturated carbocycles. The van der Waals surface area contributed by atoms with E-state index in [9.17, 15) is 0 Å². The monoisotopic (exact) mass is 388 g/mol. The molecule has 0 spiro atoms. The normalized spacial score (nSPS) is 18.9. The van der Waals surface area contributed by atoms with E-state index in [1.54, 1.807) is 10.9 Å². The second-order valence-corrected chi connectivity index (χ2v) is 7.76. The highest BCUT2D eigenvalue weighted by Gasteiger charge is 2.36. The van der Waals surface area contributed by atoms with Crippen LogP contribution in [-0.2, 0) is 6.42 Å². The van der Waals surface area contributed by atoms with Crippen LogP contribution in [0.2, 0.25) is 0 Å². The van der Waals surface area contributed by atoms with Crippen molar-refractivity contribution in [1.29, 1.82) is 0 Å². The fraction of sp³-hybridized carbons (Fsp3) is 0.227. The van der Waals surface area contributed by atoms with Gasteiger partial charge < -0.3 is 4.42 Å². The van der Waals surface area contributed by atoms with Crippen LogP contribution in [0.4, 0.5) is 0 Å². The van der Waals surface area contributed by atoms with Gasteiger partial charge in [0.15, 0.2) is 5.82 Å². The molecule has 1 aliphatic carbocycles. The number of H-pyrrole nitrogens is 1. The molecular weight excluding hydrogens is 368 g/mol. The minimum Gasteiger partial charge on any atom is -0.460 e. The zero-order valence-electron chi connectivity index (χ0n) is 15.5. The predicted octanol–water partition coefficient (Wildman–Crippen LogP) is 5.28. The SMILES string of the molecule is C[C@H]1C[C@@H]1c1ccc(/C=N\n2c(Cc3cccc4ccccc34)n[nH]c2=S)o1. The third kappa shape index (κ3) is 3.20. The molecule has 2 heterocycles. The summed E-state index contributed by atoms with van der Waals surface area (Å²) in [5.74, 6) is 3.81. The van der Waals surface area contributed by atoms with Crippen LogP contribution in [0.3, 0.4) is 0 Å². The Morgan fingerprint density at radius 3 is 2.89 bits per heavy atom. The van der Waals surface area contributed by atoms with Gasteiger partial charge in [0.05, 0.1) is 6.21 Å². The van der Waals surface area contributed by atoms with Gasteiger partial charge in [-0.1, -0.05) is 49.4 Å². The lowest BCUT2D eigenvalue weighted by Gasteiger charge is -2.06. The summed E-state index contributed by atoms with van der Waals surface area (Å²) in [6.45, 7) is 2.24. The average Bonchev–Trinajstić information content (AvgIpc) is 3.10. The minimum atomic E-state index is 0.467. The van der Waals surface area contributed by atoms with Gasteiger partial charge in [0, 0.05) is 12.3 Å².